The molecule has 2 aliphatic heterocycles. The molecule has 63 heavy (non-hydrogen) atoms. The fourth-order valence-electron chi connectivity index (χ4n) is 7.02. The van der Waals surface area contributed by atoms with E-state index in [1.165, 1.54) is 24.0 Å². The van der Waals surface area contributed by atoms with Crippen molar-refractivity contribution in [3.05, 3.63) is 122 Å². The summed E-state index contributed by atoms with van der Waals surface area (Å²) in [5.41, 5.74) is 5.00. The van der Waals surface area contributed by atoms with Crippen LogP contribution in [-0.4, -0.2) is 88.9 Å². The maximum Gasteiger partial charge on any atom is 0.411 e. The molecule has 4 aromatic rings. The van der Waals surface area contributed by atoms with Crippen LogP contribution in [0.3, 0.4) is 0 Å². The molecule has 0 radical (unpaired) electrons. The van der Waals surface area contributed by atoms with E-state index in [0.717, 1.165) is 27.9 Å². The van der Waals surface area contributed by atoms with Gasteiger partial charge in [0, 0.05) is 30.9 Å². The fourth-order valence-corrected chi connectivity index (χ4v) is 7.30. The van der Waals surface area contributed by atoms with Crippen LogP contribution in [0.2, 0.25) is 5.15 Å². The molecular weight excluding hydrogens is 832 g/mol. The summed E-state index contributed by atoms with van der Waals surface area (Å²) in [4.78, 5) is 57.4. The molecule has 16 heteroatoms. The second-order valence-corrected chi connectivity index (χ2v) is 17.4. The Morgan fingerprint density at radius 1 is 0.714 bits per heavy atom. The van der Waals surface area contributed by atoms with Crippen molar-refractivity contribution < 1.29 is 52.3 Å². The Balaban J connectivity index is 0.000000238. The maximum atomic E-state index is 12.7. The zero-order valence-electron chi connectivity index (χ0n) is 37.2. The molecule has 0 aliphatic carbocycles. The smallest absolute Gasteiger partial charge is 0.411 e. The predicted molar refractivity (Wildman–Crippen MR) is 235 cm³/mol. The van der Waals surface area contributed by atoms with E-state index in [1.54, 1.807) is 96.1 Å². The number of benzene rings is 3. The number of hydrogen-bond donors (Lipinski definition) is 0. The number of aryl methyl sites for hydroxylation is 1. The van der Waals surface area contributed by atoms with Crippen LogP contribution in [0.25, 0.3) is 0 Å². The third kappa shape index (κ3) is 12.8. The molecule has 0 saturated heterocycles. The summed E-state index contributed by atoms with van der Waals surface area (Å²) in [6.07, 6.45) is 0.0241. The number of fused-ring (bicyclic) bond motifs is 2. The van der Waals surface area contributed by atoms with Gasteiger partial charge in [-0.05, 0) is 143 Å². The first-order valence-electron chi connectivity index (χ1n) is 20.3. The number of carbonyl (C=O) groups is 4. The van der Waals surface area contributed by atoms with Crippen molar-refractivity contribution in [2.24, 2.45) is 0 Å². The second-order valence-electron chi connectivity index (χ2n) is 17.0. The number of halogens is 1. The SMILES string of the molecule is C=[N+]([O-])c1ccc(COc2ccc3c(c2)CCN(C(=O)OC(C)(C)C)[C@H]3C(=O)OC)cc1.COC(=O)[C@H]1c2ccc(OCc3cc(C)nc(Cl)c3)cc2CCN1C(=O)OC(C)(C)C. The molecule has 0 spiro atoms. The maximum absolute atomic E-state index is 12.7. The van der Waals surface area contributed by atoms with Gasteiger partial charge in [-0.1, -0.05) is 23.7 Å². The molecular formula is C47H55ClN4O11. The lowest BCUT2D eigenvalue weighted by molar-refractivity contribution is -0.349. The number of amides is 2. The Bertz CT molecular complexity index is 2300. The van der Waals surface area contributed by atoms with Gasteiger partial charge in [0.25, 0.3) is 0 Å². The summed E-state index contributed by atoms with van der Waals surface area (Å²) in [6.45, 7) is 17.2. The predicted octanol–water partition coefficient (Wildman–Crippen LogP) is 8.75. The number of nitrogens with zero attached hydrogens (tertiary/aromatic N) is 4. The van der Waals surface area contributed by atoms with Gasteiger partial charge in [0.15, 0.2) is 12.1 Å². The summed E-state index contributed by atoms with van der Waals surface area (Å²) < 4.78 is 33.3. The van der Waals surface area contributed by atoms with Crippen LogP contribution in [0.5, 0.6) is 11.5 Å². The number of carbonyl (C=O) groups excluding carboxylic acids is 4. The molecule has 336 valence electrons. The van der Waals surface area contributed by atoms with Gasteiger partial charge < -0.3 is 33.6 Å². The summed E-state index contributed by atoms with van der Waals surface area (Å²) in [6, 6.07) is 19.8. The highest BCUT2D eigenvalue weighted by molar-refractivity contribution is 6.29. The van der Waals surface area contributed by atoms with E-state index in [-0.39, 0.29) is 0 Å². The average Bonchev–Trinajstić information content (AvgIpc) is 3.22. The quantitative estimate of drug-likeness (QED) is 0.0298. The van der Waals surface area contributed by atoms with Crippen LogP contribution in [-0.2, 0) is 54.6 Å². The topological polar surface area (TPSA) is 169 Å². The van der Waals surface area contributed by atoms with Crippen molar-refractivity contribution >= 4 is 48.1 Å². The number of esters is 2. The standard InChI is InChI=1S/C24H28N2O6.C23H27ClN2O5/c1-24(2,3)32-23(28)26-13-12-17-14-19(10-11-20(17)21(26)22(27)30-5)31-15-16-6-8-18(9-7-16)25(4)29;1-14-10-15(11-19(24)25-14)13-30-17-6-7-18-16(12-17)8-9-26(20(18)21(27)29-5)22(28)31-23(2,3)4/h6-11,14,21H,4,12-13,15H2,1-3,5H3;6-7,10-12,20H,8-9,13H2,1-5H3/t21-;20-/m11/s1. The molecule has 0 bridgehead atoms. The van der Waals surface area contributed by atoms with Crippen molar-refractivity contribution in [1.29, 1.82) is 0 Å². The molecule has 3 aromatic carbocycles. The summed E-state index contributed by atoms with van der Waals surface area (Å²) in [7, 11) is 2.61. The van der Waals surface area contributed by atoms with Crippen molar-refractivity contribution in [1.82, 2.24) is 14.8 Å². The molecule has 0 saturated carbocycles. The molecule has 2 amide bonds. The van der Waals surface area contributed by atoms with Crippen molar-refractivity contribution in [3.8, 4) is 11.5 Å². The normalized spacial score (nSPS) is 15.7. The lowest BCUT2D eigenvalue weighted by Gasteiger charge is -2.36. The zero-order chi connectivity index (χ0) is 46.2. The van der Waals surface area contributed by atoms with E-state index in [9.17, 15) is 24.4 Å². The Morgan fingerprint density at radius 2 is 1.16 bits per heavy atom. The summed E-state index contributed by atoms with van der Waals surface area (Å²) in [5.74, 6) is 0.272. The number of hydrogen-bond acceptors (Lipinski definition) is 12. The summed E-state index contributed by atoms with van der Waals surface area (Å²) in [5, 5.41) is 11.6. The zero-order valence-corrected chi connectivity index (χ0v) is 37.9. The highest BCUT2D eigenvalue weighted by Gasteiger charge is 2.40. The number of rotatable bonds is 9. The molecule has 2 aliphatic rings. The molecule has 2 atom stereocenters. The molecule has 0 N–H and O–H groups in total. The van der Waals surface area contributed by atoms with E-state index in [0.29, 0.717) is 77.4 Å². The van der Waals surface area contributed by atoms with E-state index < -0.39 is 47.4 Å². The van der Waals surface area contributed by atoms with Crippen LogP contribution in [0.15, 0.2) is 72.8 Å². The number of aromatic nitrogens is 1. The highest BCUT2D eigenvalue weighted by atomic mass is 35.5. The van der Waals surface area contributed by atoms with Crippen LogP contribution in [0.4, 0.5) is 15.3 Å². The van der Waals surface area contributed by atoms with Gasteiger partial charge in [-0.25, -0.2) is 24.2 Å². The molecule has 0 unspecified atom stereocenters. The molecule has 0 fully saturated rings. The van der Waals surface area contributed by atoms with Crippen molar-refractivity contribution in [2.75, 3.05) is 27.3 Å². The first kappa shape index (κ1) is 47.7. The summed E-state index contributed by atoms with van der Waals surface area (Å²) >= 11 is 6.01. The minimum Gasteiger partial charge on any atom is -0.619 e. The number of methoxy groups -OCH3 is 2. The highest BCUT2D eigenvalue weighted by Crippen LogP contribution is 2.36. The molecule has 1 aromatic heterocycles. The minimum atomic E-state index is -0.877. The Labute approximate surface area is 373 Å². The minimum absolute atomic E-state index is 0.319. The van der Waals surface area contributed by atoms with Crippen LogP contribution in [0.1, 0.15) is 92.7 Å². The van der Waals surface area contributed by atoms with Gasteiger partial charge in [-0.3, -0.25) is 9.80 Å². The molecule has 15 nitrogen and oxygen atoms in total. The number of ether oxygens (including phenoxy) is 6. The Morgan fingerprint density at radius 3 is 1.56 bits per heavy atom. The van der Waals surface area contributed by atoms with Crippen molar-refractivity contribution in [2.45, 2.75) is 97.8 Å². The van der Waals surface area contributed by atoms with Gasteiger partial charge >= 0.3 is 24.1 Å². The average molecular weight is 887 g/mol. The van der Waals surface area contributed by atoms with Gasteiger partial charge in [0.05, 0.1) is 14.2 Å². The van der Waals surface area contributed by atoms with Crippen LogP contribution >= 0.6 is 11.6 Å². The number of pyridine rings is 1. The lowest BCUT2D eigenvalue weighted by Crippen LogP contribution is -2.46. The van der Waals surface area contributed by atoms with Crippen LogP contribution in [0, 0.1) is 12.1 Å². The van der Waals surface area contributed by atoms with E-state index in [1.807, 2.05) is 25.1 Å². The monoisotopic (exact) mass is 886 g/mol. The van der Waals surface area contributed by atoms with Gasteiger partial charge in [0.1, 0.15) is 47.8 Å². The lowest BCUT2D eigenvalue weighted by atomic mass is 9.92. The van der Waals surface area contributed by atoms with E-state index in [2.05, 4.69) is 11.7 Å². The van der Waals surface area contributed by atoms with E-state index >= 15 is 0 Å². The largest absolute Gasteiger partial charge is 0.619 e. The molecule has 3 heterocycles. The Kier molecular flexibility index (Phi) is 15.3. The second kappa shape index (κ2) is 20.2. The van der Waals surface area contributed by atoms with Gasteiger partial charge in [0.2, 0.25) is 5.69 Å². The Hall–Kier alpha value is -6.35. The van der Waals surface area contributed by atoms with E-state index in [4.69, 9.17) is 40.0 Å². The third-order valence-electron chi connectivity index (χ3n) is 9.81. The first-order chi connectivity index (χ1) is 29.7. The fraction of sp³-hybridized carbons (Fsp3) is 0.404. The first-order valence-corrected chi connectivity index (χ1v) is 20.7. The van der Waals surface area contributed by atoms with Gasteiger partial charge in [-0.15, -0.1) is 0 Å². The van der Waals surface area contributed by atoms with Crippen LogP contribution < -0.4 is 9.47 Å². The molecule has 6 rings (SSSR count). The van der Waals surface area contributed by atoms with Crippen molar-refractivity contribution in [3.63, 3.8) is 0 Å². The third-order valence-corrected chi connectivity index (χ3v) is 10.0. The van der Waals surface area contributed by atoms with Gasteiger partial charge in [-0.2, -0.15) is 4.74 Å².